The number of rotatable bonds is 5. The molecular formula is C22H22N3O+. The molecule has 130 valence electrons. The van der Waals surface area contributed by atoms with Gasteiger partial charge >= 0.3 is 0 Å². The average molecular weight is 344 g/mol. The van der Waals surface area contributed by atoms with Gasteiger partial charge in [-0.05, 0) is 29.8 Å². The highest BCUT2D eigenvalue weighted by Gasteiger charge is 2.13. The summed E-state index contributed by atoms with van der Waals surface area (Å²) in [6.07, 6.45) is 0. The zero-order chi connectivity index (χ0) is 17.9. The van der Waals surface area contributed by atoms with Gasteiger partial charge in [0.2, 0.25) is 0 Å². The fourth-order valence-electron chi connectivity index (χ4n) is 3.48. The maximum absolute atomic E-state index is 12.3. The Bertz CT molecular complexity index is 1110. The van der Waals surface area contributed by atoms with Crippen LogP contribution in [0.5, 0.6) is 0 Å². The van der Waals surface area contributed by atoms with E-state index < -0.39 is 0 Å². The highest BCUT2D eigenvalue weighted by Crippen LogP contribution is 2.17. The minimum Gasteiger partial charge on any atom is -0.325 e. The second-order valence-corrected chi connectivity index (χ2v) is 6.63. The van der Waals surface area contributed by atoms with Crippen molar-refractivity contribution in [3.8, 4) is 0 Å². The summed E-state index contributed by atoms with van der Waals surface area (Å²) in [4.78, 5) is 21.3. The van der Waals surface area contributed by atoms with Gasteiger partial charge in [0.05, 0.1) is 17.4 Å². The van der Waals surface area contributed by atoms with Gasteiger partial charge in [-0.25, -0.2) is 4.98 Å². The molecule has 0 aliphatic heterocycles. The number of H-pyrrole nitrogens is 1. The summed E-state index contributed by atoms with van der Waals surface area (Å²) in [5.74, 6) is 0.741. The first kappa shape index (κ1) is 16.5. The lowest BCUT2D eigenvalue weighted by molar-refractivity contribution is -0.926. The molecule has 1 heterocycles. The molecule has 0 amide bonds. The standard InChI is InChI=1S/C22H21N3O/c1-2-25(14-17-10-7-9-16-8-3-4-11-18(16)17)15-21-23-20-13-6-5-12-19(20)22(26)24-21/h3-13H,2,14-15H2,1H3,(H,23,24,26)/p+1. The fraction of sp³-hybridized carbons (Fsp3) is 0.182. The van der Waals surface area contributed by atoms with Crippen LogP contribution in [0.4, 0.5) is 0 Å². The zero-order valence-electron chi connectivity index (χ0n) is 14.8. The van der Waals surface area contributed by atoms with Gasteiger partial charge in [-0.2, -0.15) is 0 Å². The smallest absolute Gasteiger partial charge is 0.258 e. The number of nitrogens with zero attached hydrogens (tertiary/aromatic N) is 1. The second kappa shape index (κ2) is 7.10. The first-order valence-corrected chi connectivity index (χ1v) is 9.02. The van der Waals surface area contributed by atoms with Gasteiger partial charge in [-0.3, -0.25) is 4.79 Å². The molecule has 0 aliphatic rings. The minimum absolute atomic E-state index is 0.0637. The number of nitrogens with one attached hydrogen (secondary N) is 2. The Kier molecular flexibility index (Phi) is 4.50. The number of fused-ring (bicyclic) bond motifs is 2. The number of hydrogen-bond donors (Lipinski definition) is 2. The molecular weight excluding hydrogens is 322 g/mol. The van der Waals surface area contributed by atoms with Gasteiger partial charge in [0.15, 0.2) is 5.82 Å². The van der Waals surface area contributed by atoms with Crippen LogP contribution in [0, 0.1) is 0 Å². The van der Waals surface area contributed by atoms with Crippen LogP contribution in [-0.2, 0) is 13.1 Å². The number of benzene rings is 3. The molecule has 4 nitrogen and oxygen atoms in total. The first-order chi connectivity index (χ1) is 12.7. The summed E-state index contributed by atoms with van der Waals surface area (Å²) in [5.41, 5.74) is 2.01. The Hall–Kier alpha value is -2.98. The van der Waals surface area contributed by atoms with Crippen molar-refractivity contribution in [3.63, 3.8) is 0 Å². The van der Waals surface area contributed by atoms with E-state index in [1.54, 1.807) is 0 Å². The second-order valence-electron chi connectivity index (χ2n) is 6.63. The van der Waals surface area contributed by atoms with E-state index in [2.05, 4.69) is 59.4 Å². The van der Waals surface area contributed by atoms with Crippen molar-refractivity contribution >= 4 is 21.7 Å². The van der Waals surface area contributed by atoms with Crippen LogP contribution in [0.25, 0.3) is 21.7 Å². The van der Waals surface area contributed by atoms with Crippen LogP contribution in [0.15, 0.2) is 71.5 Å². The van der Waals surface area contributed by atoms with E-state index in [0.29, 0.717) is 11.9 Å². The van der Waals surface area contributed by atoms with Crippen LogP contribution in [0.1, 0.15) is 18.3 Å². The minimum atomic E-state index is -0.0637. The summed E-state index contributed by atoms with van der Waals surface area (Å²) in [6, 6.07) is 22.4. The number of para-hydroxylation sites is 1. The van der Waals surface area contributed by atoms with Crippen LogP contribution < -0.4 is 10.5 Å². The maximum atomic E-state index is 12.3. The molecule has 2 N–H and O–H groups in total. The van der Waals surface area contributed by atoms with Crippen molar-refractivity contribution in [2.24, 2.45) is 0 Å². The molecule has 4 heteroatoms. The predicted molar refractivity (Wildman–Crippen MR) is 105 cm³/mol. The summed E-state index contributed by atoms with van der Waals surface area (Å²) in [7, 11) is 0. The summed E-state index contributed by atoms with van der Waals surface area (Å²) in [6.45, 7) is 4.72. The van der Waals surface area contributed by atoms with Gasteiger partial charge in [0, 0.05) is 5.56 Å². The third-order valence-corrected chi connectivity index (χ3v) is 4.90. The molecule has 1 unspecified atom stereocenters. The normalized spacial score (nSPS) is 12.5. The summed E-state index contributed by atoms with van der Waals surface area (Å²) < 4.78 is 0. The Labute approximate surface area is 152 Å². The van der Waals surface area contributed by atoms with E-state index in [1.807, 2.05) is 24.3 Å². The van der Waals surface area contributed by atoms with E-state index in [1.165, 1.54) is 21.2 Å². The molecule has 0 spiro atoms. The molecule has 4 rings (SSSR count). The van der Waals surface area contributed by atoms with Crippen LogP contribution in [0.3, 0.4) is 0 Å². The van der Waals surface area contributed by atoms with Crippen molar-refractivity contribution in [3.05, 3.63) is 88.5 Å². The summed E-state index contributed by atoms with van der Waals surface area (Å²) >= 11 is 0. The lowest BCUT2D eigenvalue weighted by Crippen LogP contribution is -3.09. The molecule has 0 saturated heterocycles. The largest absolute Gasteiger partial charge is 0.325 e. The topological polar surface area (TPSA) is 50.2 Å². The van der Waals surface area contributed by atoms with E-state index >= 15 is 0 Å². The highest BCUT2D eigenvalue weighted by atomic mass is 16.1. The van der Waals surface area contributed by atoms with Crippen molar-refractivity contribution in [2.45, 2.75) is 20.0 Å². The van der Waals surface area contributed by atoms with Gasteiger partial charge in [0.25, 0.3) is 5.56 Å². The number of quaternary nitrogens is 1. The van der Waals surface area contributed by atoms with Gasteiger partial charge < -0.3 is 9.88 Å². The lowest BCUT2D eigenvalue weighted by Gasteiger charge is -2.18. The van der Waals surface area contributed by atoms with Crippen LogP contribution >= 0.6 is 0 Å². The molecule has 0 radical (unpaired) electrons. The fourth-order valence-corrected chi connectivity index (χ4v) is 3.48. The Morgan fingerprint density at radius 1 is 0.885 bits per heavy atom. The molecule has 1 aromatic heterocycles. The molecule has 0 fully saturated rings. The third-order valence-electron chi connectivity index (χ3n) is 4.90. The van der Waals surface area contributed by atoms with Crippen molar-refractivity contribution in [1.82, 2.24) is 9.97 Å². The van der Waals surface area contributed by atoms with E-state index in [4.69, 9.17) is 0 Å². The number of hydrogen-bond acceptors (Lipinski definition) is 2. The Morgan fingerprint density at radius 2 is 1.62 bits per heavy atom. The molecule has 1 atom stereocenters. The Morgan fingerprint density at radius 3 is 2.46 bits per heavy atom. The van der Waals surface area contributed by atoms with E-state index in [-0.39, 0.29) is 5.56 Å². The van der Waals surface area contributed by atoms with E-state index in [9.17, 15) is 4.79 Å². The molecule has 0 aliphatic carbocycles. The lowest BCUT2D eigenvalue weighted by atomic mass is 10.0. The zero-order valence-corrected chi connectivity index (χ0v) is 14.8. The quantitative estimate of drug-likeness (QED) is 0.585. The van der Waals surface area contributed by atoms with Gasteiger partial charge in [-0.1, -0.05) is 54.6 Å². The SMILES string of the molecule is CC[NH+](Cc1nc2ccccc2c(=O)[nH]1)Cc1cccc2ccccc12. The molecule has 26 heavy (non-hydrogen) atoms. The molecule has 4 aromatic rings. The van der Waals surface area contributed by atoms with E-state index in [0.717, 1.165) is 24.4 Å². The van der Waals surface area contributed by atoms with Crippen molar-refractivity contribution in [1.29, 1.82) is 0 Å². The van der Waals surface area contributed by atoms with Crippen LogP contribution in [0.2, 0.25) is 0 Å². The molecule has 3 aromatic carbocycles. The van der Waals surface area contributed by atoms with Gasteiger partial charge in [-0.15, -0.1) is 0 Å². The maximum Gasteiger partial charge on any atom is 0.258 e. The molecule has 0 bridgehead atoms. The van der Waals surface area contributed by atoms with Crippen LogP contribution in [-0.4, -0.2) is 16.5 Å². The van der Waals surface area contributed by atoms with Crippen molar-refractivity contribution < 1.29 is 4.90 Å². The Balaban J connectivity index is 1.63. The highest BCUT2D eigenvalue weighted by molar-refractivity contribution is 5.85. The van der Waals surface area contributed by atoms with Crippen molar-refractivity contribution in [2.75, 3.05) is 6.54 Å². The number of aromatic nitrogens is 2. The number of aromatic amines is 1. The first-order valence-electron chi connectivity index (χ1n) is 9.02. The molecule has 0 saturated carbocycles. The van der Waals surface area contributed by atoms with Gasteiger partial charge in [0.1, 0.15) is 13.1 Å². The monoisotopic (exact) mass is 344 g/mol. The predicted octanol–water partition coefficient (Wildman–Crippen LogP) is 2.68. The summed E-state index contributed by atoms with van der Waals surface area (Å²) in [5, 5.41) is 3.20. The third kappa shape index (κ3) is 3.24. The average Bonchev–Trinajstić information content (AvgIpc) is 2.68.